The number of hydrogen-bond acceptors (Lipinski definition) is 2. The third-order valence-corrected chi connectivity index (χ3v) is 3.82. The summed E-state index contributed by atoms with van der Waals surface area (Å²) in [6.07, 6.45) is 1.84. The van der Waals surface area contributed by atoms with Crippen molar-refractivity contribution in [1.82, 2.24) is 4.90 Å². The number of aryl methyl sites for hydroxylation is 1. The molecule has 2 aliphatic heterocycles. The predicted octanol–water partition coefficient (Wildman–Crippen LogP) is 1.54. The number of likely N-dealkylation sites (tertiary alicyclic amines) is 1. The minimum absolute atomic E-state index is 0.245. The standard InChI is InChI=1S/C14H17NO2/c1-10-4-2-3-5-11(10)6-14(16)15-8-13-7-12(15)9-17-13/h2-5,12-13H,6-9H2,1H3/t12-,13+/m0/s1. The molecule has 3 nitrogen and oxygen atoms in total. The first kappa shape index (κ1) is 10.8. The van der Waals surface area contributed by atoms with Gasteiger partial charge in [0.05, 0.1) is 25.2 Å². The summed E-state index contributed by atoms with van der Waals surface area (Å²) >= 11 is 0. The topological polar surface area (TPSA) is 29.5 Å². The molecular weight excluding hydrogens is 214 g/mol. The van der Waals surface area contributed by atoms with E-state index in [-0.39, 0.29) is 5.91 Å². The van der Waals surface area contributed by atoms with E-state index in [9.17, 15) is 4.79 Å². The first-order valence-electron chi connectivity index (χ1n) is 6.19. The van der Waals surface area contributed by atoms with E-state index in [1.165, 1.54) is 5.56 Å². The van der Waals surface area contributed by atoms with Crippen molar-refractivity contribution in [3.8, 4) is 0 Å². The Balaban J connectivity index is 1.70. The maximum absolute atomic E-state index is 12.2. The van der Waals surface area contributed by atoms with E-state index in [2.05, 4.69) is 13.0 Å². The summed E-state index contributed by atoms with van der Waals surface area (Å²) in [5, 5.41) is 0. The molecule has 17 heavy (non-hydrogen) atoms. The molecule has 2 fully saturated rings. The number of carbonyl (C=O) groups is 1. The molecule has 1 aromatic carbocycles. The smallest absolute Gasteiger partial charge is 0.227 e. The normalized spacial score (nSPS) is 26.5. The molecule has 0 N–H and O–H groups in total. The number of nitrogens with zero attached hydrogens (tertiary/aromatic N) is 1. The molecule has 90 valence electrons. The van der Waals surface area contributed by atoms with E-state index >= 15 is 0 Å². The van der Waals surface area contributed by atoms with Crippen molar-refractivity contribution in [2.75, 3.05) is 13.2 Å². The monoisotopic (exact) mass is 231 g/mol. The van der Waals surface area contributed by atoms with Crippen LogP contribution in [0.3, 0.4) is 0 Å². The summed E-state index contributed by atoms with van der Waals surface area (Å²) < 4.78 is 5.51. The first-order valence-corrected chi connectivity index (χ1v) is 6.19. The van der Waals surface area contributed by atoms with Crippen LogP contribution in [0.1, 0.15) is 17.5 Å². The Morgan fingerprint density at radius 2 is 2.29 bits per heavy atom. The van der Waals surface area contributed by atoms with Crippen LogP contribution in [0.5, 0.6) is 0 Å². The Bertz CT molecular complexity index is 444. The molecule has 2 bridgehead atoms. The van der Waals surface area contributed by atoms with E-state index < -0.39 is 0 Å². The zero-order valence-corrected chi connectivity index (χ0v) is 10.1. The zero-order chi connectivity index (χ0) is 11.8. The van der Waals surface area contributed by atoms with Gasteiger partial charge in [0.2, 0.25) is 5.91 Å². The van der Waals surface area contributed by atoms with Gasteiger partial charge in [0.25, 0.3) is 0 Å². The lowest BCUT2D eigenvalue weighted by molar-refractivity contribution is -0.134. The van der Waals surface area contributed by atoms with Gasteiger partial charge in [0.1, 0.15) is 0 Å². The van der Waals surface area contributed by atoms with Crippen molar-refractivity contribution < 1.29 is 9.53 Å². The van der Waals surface area contributed by atoms with Crippen molar-refractivity contribution >= 4 is 5.91 Å². The molecule has 0 unspecified atom stereocenters. The van der Waals surface area contributed by atoms with E-state index in [1.54, 1.807) is 0 Å². The molecule has 3 heteroatoms. The molecule has 2 saturated heterocycles. The van der Waals surface area contributed by atoms with Gasteiger partial charge in [-0.2, -0.15) is 0 Å². The number of amides is 1. The van der Waals surface area contributed by atoms with Crippen LogP contribution in [-0.2, 0) is 16.0 Å². The molecule has 1 amide bonds. The fourth-order valence-electron chi connectivity index (χ4n) is 2.78. The molecule has 2 atom stereocenters. The average molecular weight is 231 g/mol. The summed E-state index contributed by atoms with van der Waals surface area (Å²) in [5.74, 6) is 0.245. The Morgan fingerprint density at radius 3 is 2.94 bits per heavy atom. The van der Waals surface area contributed by atoms with E-state index in [1.807, 2.05) is 23.1 Å². The summed E-state index contributed by atoms with van der Waals surface area (Å²) in [6, 6.07) is 8.43. The van der Waals surface area contributed by atoms with Gasteiger partial charge in [-0.1, -0.05) is 24.3 Å². The molecule has 0 saturated carbocycles. The van der Waals surface area contributed by atoms with Gasteiger partial charge in [0.15, 0.2) is 0 Å². The minimum Gasteiger partial charge on any atom is -0.374 e. The molecule has 3 rings (SSSR count). The lowest BCUT2D eigenvalue weighted by atomic mass is 10.1. The largest absolute Gasteiger partial charge is 0.374 e. The van der Waals surface area contributed by atoms with Crippen molar-refractivity contribution in [2.24, 2.45) is 0 Å². The summed E-state index contributed by atoms with van der Waals surface area (Å²) in [7, 11) is 0. The molecule has 2 aliphatic rings. The van der Waals surface area contributed by atoms with Crippen LogP contribution in [0, 0.1) is 6.92 Å². The van der Waals surface area contributed by atoms with Crippen LogP contribution in [0.25, 0.3) is 0 Å². The van der Waals surface area contributed by atoms with Crippen LogP contribution >= 0.6 is 0 Å². The number of ether oxygens (including phenoxy) is 1. The highest BCUT2D eigenvalue weighted by atomic mass is 16.5. The summed E-state index contributed by atoms with van der Waals surface area (Å²) in [4.78, 5) is 14.2. The molecule has 0 aromatic heterocycles. The third-order valence-electron chi connectivity index (χ3n) is 3.82. The average Bonchev–Trinajstić information content (AvgIpc) is 2.94. The molecule has 0 radical (unpaired) electrons. The first-order chi connectivity index (χ1) is 8.24. The number of fused-ring (bicyclic) bond motifs is 2. The Morgan fingerprint density at radius 1 is 1.47 bits per heavy atom. The van der Waals surface area contributed by atoms with E-state index in [0.717, 1.165) is 25.1 Å². The van der Waals surface area contributed by atoms with E-state index in [0.29, 0.717) is 18.6 Å². The lowest BCUT2D eigenvalue weighted by Crippen LogP contribution is -2.42. The maximum Gasteiger partial charge on any atom is 0.227 e. The highest BCUT2D eigenvalue weighted by Gasteiger charge is 2.41. The van der Waals surface area contributed by atoms with Gasteiger partial charge in [0, 0.05) is 6.54 Å². The number of benzene rings is 1. The molecule has 2 heterocycles. The highest BCUT2D eigenvalue weighted by molar-refractivity contribution is 5.80. The van der Waals surface area contributed by atoms with Crippen LogP contribution in [0.4, 0.5) is 0 Å². The SMILES string of the molecule is Cc1ccccc1CC(=O)N1C[C@H]2C[C@H]1CO2. The van der Waals surface area contributed by atoms with Gasteiger partial charge in [-0.3, -0.25) is 4.79 Å². The molecular formula is C14H17NO2. The van der Waals surface area contributed by atoms with Crippen molar-refractivity contribution in [3.63, 3.8) is 0 Å². The second kappa shape index (κ2) is 4.15. The van der Waals surface area contributed by atoms with Gasteiger partial charge in [-0.15, -0.1) is 0 Å². The summed E-state index contributed by atoms with van der Waals surface area (Å²) in [5.41, 5.74) is 2.34. The van der Waals surface area contributed by atoms with Crippen molar-refractivity contribution in [3.05, 3.63) is 35.4 Å². The van der Waals surface area contributed by atoms with Gasteiger partial charge in [-0.25, -0.2) is 0 Å². The van der Waals surface area contributed by atoms with Crippen LogP contribution in [0.2, 0.25) is 0 Å². The van der Waals surface area contributed by atoms with E-state index in [4.69, 9.17) is 4.74 Å². The molecule has 1 aromatic rings. The zero-order valence-electron chi connectivity index (χ0n) is 10.1. The van der Waals surface area contributed by atoms with Crippen molar-refractivity contribution in [1.29, 1.82) is 0 Å². The lowest BCUT2D eigenvalue weighted by Gasteiger charge is -2.27. The Kier molecular flexibility index (Phi) is 2.63. The Hall–Kier alpha value is -1.35. The second-order valence-electron chi connectivity index (χ2n) is 4.99. The number of morpholine rings is 1. The van der Waals surface area contributed by atoms with Crippen molar-refractivity contribution in [2.45, 2.75) is 31.9 Å². The van der Waals surface area contributed by atoms with Crippen LogP contribution < -0.4 is 0 Å². The Labute approximate surface area is 101 Å². The van der Waals surface area contributed by atoms with Gasteiger partial charge >= 0.3 is 0 Å². The summed E-state index contributed by atoms with van der Waals surface area (Å²) in [6.45, 7) is 3.57. The van der Waals surface area contributed by atoms with Crippen LogP contribution in [-0.4, -0.2) is 36.1 Å². The molecule has 0 spiro atoms. The number of carbonyl (C=O) groups excluding carboxylic acids is 1. The fraction of sp³-hybridized carbons (Fsp3) is 0.500. The second-order valence-corrected chi connectivity index (χ2v) is 4.99. The molecule has 0 aliphatic carbocycles. The van der Waals surface area contributed by atoms with Gasteiger partial charge < -0.3 is 9.64 Å². The third kappa shape index (κ3) is 1.95. The number of rotatable bonds is 2. The quantitative estimate of drug-likeness (QED) is 0.772. The van der Waals surface area contributed by atoms with Gasteiger partial charge in [-0.05, 0) is 24.5 Å². The van der Waals surface area contributed by atoms with Crippen LogP contribution in [0.15, 0.2) is 24.3 Å². The predicted molar refractivity (Wildman–Crippen MR) is 64.7 cm³/mol. The fourth-order valence-corrected chi connectivity index (χ4v) is 2.78. The number of hydrogen-bond donors (Lipinski definition) is 0. The minimum atomic E-state index is 0.245. The highest BCUT2D eigenvalue weighted by Crippen LogP contribution is 2.28. The maximum atomic E-state index is 12.2.